The Kier molecular flexibility index (Phi) is 6.80. The van der Waals surface area contributed by atoms with Crippen LogP contribution in [0.25, 0.3) is 0 Å². The lowest BCUT2D eigenvalue weighted by Gasteiger charge is -2.35. The van der Waals surface area contributed by atoms with Crippen molar-refractivity contribution in [1.82, 2.24) is 5.32 Å². The van der Waals surface area contributed by atoms with E-state index >= 15 is 0 Å². The van der Waals surface area contributed by atoms with Gasteiger partial charge in [-0.3, -0.25) is 4.79 Å². The number of methoxy groups -OCH3 is 2. The van der Waals surface area contributed by atoms with E-state index in [-0.39, 0.29) is 17.9 Å². The molecule has 0 saturated carbocycles. The fourth-order valence-electron chi connectivity index (χ4n) is 4.01. The highest BCUT2D eigenvalue weighted by atomic mass is 16.5. The van der Waals surface area contributed by atoms with E-state index in [9.17, 15) is 4.79 Å². The van der Waals surface area contributed by atoms with Gasteiger partial charge in [-0.25, -0.2) is 0 Å². The molecule has 1 heterocycles. The number of ether oxygens (including phenoxy) is 2. The second-order valence-electron chi connectivity index (χ2n) is 8.18. The van der Waals surface area contributed by atoms with Crippen LogP contribution in [0.4, 0.5) is 0 Å². The zero-order chi connectivity index (χ0) is 21.0. The summed E-state index contributed by atoms with van der Waals surface area (Å²) in [4.78, 5) is 13.7. The van der Waals surface area contributed by atoms with Crippen molar-refractivity contribution < 1.29 is 19.2 Å². The summed E-state index contributed by atoms with van der Waals surface area (Å²) in [6.45, 7) is 8.51. The molecule has 1 aliphatic rings. The van der Waals surface area contributed by atoms with Crippen LogP contribution in [0.5, 0.6) is 11.5 Å². The third-order valence-electron chi connectivity index (χ3n) is 5.79. The molecular weight excluding hydrogens is 364 g/mol. The molecule has 2 N–H and O–H groups in total. The van der Waals surface area contributed by atoms with Gasteiger partial charge in [-0.15, -0.1) is 0 Å². The van der Waals surface area contributed by atoms with E-state index in [1.54, 1.807) is 14.2 Å². The first-order chi connectivity index (χ1) is 13.9. The Morgan fingerprint density at radius 1 is 1.14 bits per heavy atom. The van der Waals surface area contributed by atoms with Crippen LogP contribution in [0.15, 0.2) is 36.4 Å². The van der Waals surface area contributed by atoms with E-state index in [1.165, 1.54) is 27.2 Å². The molecule has 1 aliphatic heterocycles. The van der Waals surface area contributed by atoms with Crippen molar-refractivity contribution in [2.75, 3.05) is 27.3 Å². The maximum atomic E-state index is 12.3. The van der Waals surface area contributed by atoms with Gasteiger partial charge in [0.05, 0.1) is 27.3 Å². The van der Waals surface area contributed by atoms with Crippen LogP contribution in [0.1, 0.15) is 42.1 Å². The van der Waals surface area contributed by atoms with Gasteiger partial charge in [0.15, 0.2) is 11.5 Å². The number of amides is 1. The smallest absolute Gasteiger partial charge is 0.222 e. The second-order valence-corrected chi connectivity index (χ2v) is 8.18. The van der Waals surface area contributed by atoms with Crippen LogP contribution in [-0.2, 0) is 17.8 Å². The first kappa shape index (κ1) is 21.2. The Hall–Kier alpha value is -2.53. The minimum absolute atomic E-state index is 0.0241. The minimum atomic E-state index is -0.0241. The van der Waals surface area contributed by atoms with Crippen molar-refractivity contribution in [3.63, 3.8) is 0 Å². The van der Waals surface area contributed by atoms with Crippen LogP contribution >= 0.6 is 0 Å². The molecule has 0 spiro atoms. The van der Waals surface area contributed by atoms with Crippen LogP contribution in [0.2, 0.25) is 0 Å². The predicted molar refractivity (Wildman–Crippen MR) is 115 cm³/mol. The number of rotatable bonds is 7. The van der Waals surface area contributed by atoms with E-state index in [0.717, 1.165) is 31.0 Å². The number of carbonyl (C=O) groups is 1. The molecule has 5 heteroatoms. The molecule has 2 atom stereocenters. The van der Waals surface area contributed by atoms with Crippen molar-refractivity contribution in [3.05, 3.63) is 58.7 Å². The number of fused-ring (bicyclic) bond motifs is 1. The first-order valence-corrected chi connectivity index (χ1v) is 10.4. The highest BCUT2D eigenvalue weighted by molar-refractivity contribution is 5.77. The summed E-state index contributed by atoms with van der Waals surface area (Å²) < 4.78 is 11.1. The highest BCUT2D eigenvalue weighted by Gasteiger charge is 2.33. The molecule has 5 nitrogen and oxygen atoms in total. The van der Waals surface area contributed by atoms with E-state index in [0.29, 0.717) is 6.54 Å². The van der Waals surface area contributed by atoms with Gasteiger partial charge in [-0.05, 0) is 24.6 Å². The number of hydrogen-bond donors (Lipinski definition) is 2. The molecule has 0 aliphatic carbocycles. The molecule has 2 aromatic carbocycles. The van der Waals surface area contributed by atoms with Crippen LogP contribution in [-0.4, -0.2) is 33.2 Å². The standard InChI is InChI=1S/C24H32N2O3/c1-16(2)24(27)25-14-21-20-13-23(29-5)22(28-4)12-19(20)10-11-26(21)15-18-8-6-17(3)7-9-18/h6-9,12-13,16,21H,10-11,14-15H2,1-5H3,(H,25,27)/p+1/t21-/m1/s1. The van der Waals surface area contributed by atoms with Gasteiger partial charge >= 0.3 is 0 Å². The third-order valence-corrected chi connectivity index (χ3v) is 5.79. The normalized spacial score (nSPS) is 18.3. The number of carbonyl (C=O) groups excluding carboxylic acids is 1. The Morgan fingerprint density at radius 2 is 1.79 bits per heavy atom. The first-order valence-electron chi connectivity index (χ1n) is 10.4. The van der Waals surface area contributed by atoms with Crippen molar-refractivity contribution in [1.29, 1.82) is 0 Å². The maximum Gasteiger partial charge on any atom is 0.222 e. The van der Waals surface area contributed by atoms with Gasteiger partial charge in [0, 0.05) is 23.5 Å². The topological polar surface area (TPSA) is 52.0 Å². The van der Waals surface area contributed by atoms with E-state index in [2.05, 4.69) is 48.6 Å². The number of benzene rings is 2. The SMILES string of the molecule is COc1cc2c(cc1OC)[C@@H](CNC(=O)C(C)C)[NH+](Cc1ccc(C)cc1)CC2. The van der Waals surface area contributed by atoms with Gasteiger partial charge in [0.2, 0.25) is 5.91 Å². The molecule has 2 aromatic rings. The molecule has 1 amide bonds. The Bertz CT molecular complexity index is 846. The number of hydrogen-bond acceptors (Lipinski definition) is 3. The number of quaternary nitrogens is 1. The molecule has 0 aromatic heterocycles. The fraction of sp³-hybridized carbons (Fsp3) is 0.458. The molecule has 0 fully saturated rings. The van der Waals surface area contributed by atoms with Crippen molar-refractivity contribution >= 4 is 5.91 Å². The Morgan fingerprint density at radius 3 is 2.41 bits per heavy atom. The molecule has 3 rings (SSSR count). The molecule has 0 saturated heterocycles. The van der Waals surface area contributed by atoms with Gasteiger partial charge < -0.3 is 19.7 Å². The van der Waals surface area contributed by atoms with Crippen molar-refractivity contribution in [3.8, 4) is 11.5 Å². The lowest BCUT2D eigenvalue weighted by atomic mass is 9.91. The fourth-order valence-corrected chi connectivity index (χ4v) is 4.01. The molecule has 29 heavy (non-hydrogen) atoms. The van der Waals surface area contributed by atoms with E-state index in [1.807, 2.05) is 13.8 Å². The summed E-state index contributed by atoms with van der Waals surface area (Å²) in [5.74, 6) is 1.57. The minimum Gasteiger partial charge on any atom is -0.493 e. The molecule has 0 bridgehead atoms. The molecule has 1 unspecified atom stereocenters. The average Bonchev–Trinajstić information content (AvgIpc) is 2.73. The monoisotopic (exact) mass is 397 g/mol. The number of nitrogens with one attached hydrogen (secondary N) is 2. The van der Waals surface area contributed by atoms with Crippen LogP contribution in [0, 0.1) is 12.8 Å². The maximum absolute atomic E-state index is 12.3. The van der Waals surface area contributed by atoms with E-state index in [4.69, 9.17) is 9.47 Å². The predicted octanol–water partition coefficient (Wildman–Crippen LogP) is 2.47. The summed E-state index contributed by atoms with van der Waals surface area (Å²) in [6.07, 6.45) is 0.978. The van der Waals surface area contributed by atoms with Crippen molar-refractivity contribution in [2.45, 2.75) is 39.8 Å². The van der Waals surface area contributed by atoms with Gasteiger partial charge in [-0.1, -0.05) is 43.7 Å². The summed E-state index contributed by atoms with van der Waals surface area (Å²) in [5.41, 5.74) is 5.10. The lowest BCUT2D eigenvalue weighted by molar-refractivity contribution is -0.945. The van der Waals surface area contributed by atoms with Crippen LogP contribution < -0.4 is 19.7 Å². The highest BCUT2D eigenvalue weighted by Crippen LogP contribution is 2.34. The molecule has 156 valence electrons. The largest absolute Gasteiger partial charge is 0.493 e. The van der Waals surface area contributed by atoms with Crippen LogP contribution in [0.3, 0.4) is 0 Å². The summed E-state index contributed by atoms with van der Waals surface area (Å²) in [7, 11) is 3.34. The molecule has 0 radical (unpaired) electrons. The average molecular weight is 398 g/mol. The van der Waals surface area contributed by atoms with E-state index < -0.39 is 0 Å². The van der Waals surface area contributed by atoms with Gasteiger partial charge in [0.1, 0.15) is 12.6 Å². The third kappa shape index (κ3) is 4.91. The zero-order valence-electron chi connectivity index (χ0n) is 18.2. The van der Waals surface area contributed by atoms with Gasteiger partial charge in [0.25, 0.3) is 0 Å². The Balaban J connectivity index is 1.91. The summed E-state index contributed by atoms with van der Waals surface area (Å²) in [6, 6.07) is 13.1. The van der Waals surface area contributed by atoms with Crippen molar-refractivity contribution in [2.24, 2.45) is 5.92 Å². The lowest BCUT2D eigenvalue weighted by Crippen LogP contribution is -3.12. The number of aryl methyl sites for hydroxylation is 1. The Labute approximate surface area is 174 Å². The zero-order valence-corrected chi connectivity index (χ0v) is 18.2. The second kappa shape index (κ2) is 9.31. The summed E-state index contributed by atoms with van der Waals surface area (Å²) >= 11 is 0. The summed E-state index contributed by atoms with van der Waals surface area (Å²) in [5, 5.41) is 3.15. The quantitative estimate of drug-likeness (QED) is 0.755. The molecular formula is C24H33N2O3+. The van der Waals surface area contributed by atoms with Gasteiger partial charge in [-0.2, -0.15) is 0 Å².